The van der Waals surface area contributed by atoms with E-state index in [2.05, 4.69) is 0 Å². The normalized spacial score (nSPS) is 12.3. The van der Waals surface area contributed by atoms with Crippen molar-refractivity contribution in [2.45, 2.75) is 26.3 Å². The number of methoxy groups -OCH3 is 1. The molecule has 0 aliphatic carbocycles. The molecule has 0 aromatic heterocycles. The van der Waals surface area contributed by atoms with Gasteiger partial charge in [-0.25, -0.2) is 4.79 Å². The highest BCUT2D eigenvalue weighted by Crippen LogP contribution is 2.26. The molecule has 1 rings (SSSR count). The maximum Gasteiger partial charge on any atom is 0.328 e. The van der Waals surface area contributed by atoms with Crippen molar-refractivity contribution in [3.05, 3.63) is 24.3 Å². The molecular formula is C13H19NO3. The van der Waals surface area contributed by atoms with E-state index in [4.69, 9.17) is 15.2 Å². The van der Waals surface area contributed by atoms with Crippen LogP contribution in [0.4, 0.5) is 0 Å². The average molecular weight is 237 g/mol. The van der Waals surface area contributed by atoms with Crippen molar-refractivity contribution in [3.8, 4) is 11.5 Å². The lowest BCUT2D eigenvalue weighted by atomic mass is 10.1. The average Bonchev–Trinajstić information content (AvgIpc) is 2.28. The first-order chi connectivity index (χ1) is 8.04. The minimum atomic E-state index is -0.597. The van der Waals surface area contributed by atoms with Crippen molar-refractivity contribution in [2.75, 3.05) is 7.11 Å². The zero-order valence-corrected chi connectivity index (χ0v) is 10.5. The standard InChI is InChI=1S/C13H19NO3/c1-9(2)8-10(14)13(15)17-12-7-5-4-6-11(12)16-3/h4-7,9-10H,8,14H2,1-3H3. The molecule has 1 aromatic carbocycles. The Balaban J connectivity index is 2.67. The van der Waals surface area contributed by atoms with E-state index in [1.807, 2.05) is 19.9 Å². The zero-order chi connectivity index (χ0) is 12.8. The second-order valence-corrected chi connectivity index (χ2v) is 4.31. The van der Waals surface area contributed by atoms with Gasteiger partial charge in [-0.3, -0.25) is 0 Å². The highest BCUT2D eigenvalue weighted by molar-refractivity contribution is 5.78. The van der Waals surface area contributed by atoms with Crippen LogP contribution in [0.25, 0.3) is 0 Å². The number of benzene rings is 1. The monoisotopic (exact) mass is 237 g/mol. The van der Waals surface area contributed by atoms with Crippen LogP contribution >= 0.6 is 0 Å². The molecule has 1 aromatic rings. The summed E-state index contributed by atoms with van der Waals surface area (Å²) in [4.78, 5) is 11.7. The minimum absolute atomic E-state index is 0.357. The molecule has 0 aliphatic rings. The number of para-hydroxylation sites is 2. The van der Waals surface area contributed by atoms with Gasteiger partial charge in [0.05, 0.1) is 7.11 Å². The Morgan fingerprint density at radius 2 is 1.88 bits per heavy atom. The predicted molar refractivity (Wildman–Crippen MR) is 66.1 cm³/mol. The molecule has 1 atom stereocenters. The summed E-state index contributed by atoms with van der Waals surface area (Å²) in [5.41, 5.74) is 5.74. The van der Waals surface area contributed by atoms with Gasteiger partial charge < -0.3 is 15.2 Å². The third-order valence-electron chi connectivity index (χ3n) is 2.31. The Labute approximate surface area is 102 Å². The summed E-state index contributed by atoms with van der Waals surface area (Å²) in [7, 11) is 1.53. The molecule has 2 N–H and O–H groups in total. The number of ether oxygens (including phenoxy) is 2. The summed E-state index contributed by atoms with van der Waals surface area (Å²) in [5.74, 6) is 0.857. The lowest BCUT2D eigenvalue weighted by Gasteiger charge is -2.14. The summed E-state index contributed by atoms with van der Waals surface area (Å²) in [6, 6.07) is 6.40. The van der Waals surface area contributed by atoms with Crippen LogP contribution in [0.2, 0.25) is 0 Å². The zero-order valence-electron chi connectivity index (χ0n) is 10.5. The van der Waals surface area contributed by atoms with Crippen molar-refractivity contribution in [1.82, 2.24) is 0 Å². The van der Waals surface area contributed by atoms with Gasteiger partial charge >= 0.3 is 5.97 Å². The molecule has 0 saturated carbocycles. The fourth-order valence-corrected chi connectivity index (χ4v) is 1.49. The summed E-state index contributed by atoms with van der Waals surface area (Å²) < 4.78 is 10.3. The molecule has 0 aliphatic heterocycles. The Bertz CT molecular complexity index is 377. The molecule has 17 heavy (non-hydrogen) atoms. The molecular weight excluding hydrogens is 218 g/mol. The van der Waals surface area contributed by atoms with Gasteiger partial charge in [0.15, 0.2) is 11.5 Å². The highest BCUT2D eigenvalue weighted by atomic mass is 16.6. The number of rotatable bonds is 5. The van der Waals surface area contributed by atoms with Crippen LogP contribution in [0.5, 0.6) is 11.5 Å². The molecule has 0 amide bonds. The molecule has 0 heterocycles. The number of carbonyl (C=O) groups is 1. The smallest absolute Gasteiger partial charge is 0.328 e. The quantitative estimate of drug-likeness (QED) is 0.628. The topological polar surface area (TPSA) is 61.5 Å². The number of nitrogens with two attached hydrogens (primary N) is 1. The summed E-state index contributed by atoms with van der Waals surface area (Å²) >= 11 is 0. The number of hydrogen-bond donors (Lipinski definition) is 1. The van der Waals surface area contributed by atoms with E-state index in [1.54, 1.807) is 18.2 Å². The van der Waals surface area contributed by atoms with E-state index >= 15 is 0 Å². The van der Waals surface area contributed by atoms with E-state index in [-0.39, 0.29) is 0 Å². The van der Waals surface area contributed by atoms with Gasteiger partial charge in [0.2, 0.25) is 0 Å². The molecule has 4 heteroatoms. The van der Waals surface area contributed by atoms with Gasteiger partial charge in [-0.1, -0.05) is 26.0 Å². The molecule has 0 radical (unpaired) electrons. The van der Waals surface area contributed by atoms with Crippen molar-refractivity contribution < 1.29 is 14.3 Å². The van der Waals surface area contributed by atoms with Crippen LogP contribution in [0.15, 0.2) is 24.3 Å². The molecule has 4 nitrogen and oxygen atoms in total. The first-order valence-electron chi connectivity index (χ1n) is 5.65. The van der Waals surface area contributed by atoms with Gasteiger partial charge in [0.25, 0.3) is 0 Å². The second kappa shape index (κ2) is 6.25. The Hall–Kier alpha value is -1.55. The maximum atomic E-state index is 11.7. The summed E-state index contributed by atoms with van der Waals surface area (Å²) in [6.45, 7) is 4.02. The first kappa shape index (κ1) is 13.5. The molecule has 94 valence electrons. The third kappa shape index (κ3) is 4.07. The van der Waals surface area contributed by atoms with Crippen molar-refractivity contribution in [1.29, 1.82) is 0 Å². The molecule has 0 spiro atoms. The van der Waals surface area contributed by atoms with Crippen LogP contribution in [0, 0.1) is 5.92 Å². The van der Waals surface area contributed by atoms with Crippen LogP contribution in [0.3, 0.4) is 0 Å². The molecule has 0 fully saturated rings. The SMILES string of the molecule is COc1ccccc1OC(=O)C(N)CC(C)C. The molecule has 1 unspecified atom stereocenters. The van der Waals surface area contributed by atoms with Crippen LogP contribution in [-0.4, -0.2) is 19.1 Å². The summed E-state index contributed by atoms with van der Waals surface area (Å²) in [6.07, 6.45) is 0.605. The van der Waals surface area contributed by atoms with E-state index in [9.17, 15) is 4.79 Å². The van der Waals surface area contributed by atoms with Crippen molar-refractivity contribution in [3.63, 3.8) is 0 Å². The lowest BCUT2D eigenvalue weighted by molar-refractivity contribution is -0.136. The number of carbonyl (C=O) groups excluding carboxylic acids is 1. The van der Waals surface area contributed by atoms with Crippen LogP contribution in [-0.2, 0) is 4.79 Å². The van der Waals surface area contributed by atoms with Crippen molar-refractivity contribution in [2.24, 2.45) is 11.7 Å². The van der Waals surface area contributed by atoms with Gasteiger partial charge in [-0.15, -0.1) is 0 Å². The Kier molecular flexibility index (Phi) is 4.97. The van der Waals surface area contributed by atoms with E-state index in [0.29, 0.717) is 23.8 Å². The van der Waals surface area contributed by atoms with Gasteiger partial charge in [-0.05, 0) is 24.5 Å². The molecule has 0 saturated heterocycles. The minimum Gasteiger partial charge on any atom is -0.493 e. The van der Waals surface area contributed by atoms with Crippen molar-refractivity contribution >= 4 is 5.97 Å². The second-order valence-electron chi connectivity index (χ2n) is 4.31. The fourth-order valence-electron chi connectivity index (χ4n) is 1.49. The number of esters is 1. The third-order valence-corrected chi connectivity index (χ3v) is 2.31. The van der Waals surface area contributed by atoms with E-state index < -0.39 is 12.0 Å². The highest BCUT2D eigenvalue weighted by Gasteiger charge is 2.18. The molecule has 0 bridgehead atoms. The summed E-state index contributed by atoms with van der Waals surface area (Å²) in [5, 5.41) is 0. The van der Waals surface area contributed by atoms with Gasteiger partial charge in [0.1, 0.15) is 6.04 Å². The Morgan fingerprint density at radius 3 is 2.41 bits per heavy atom. The predicted octanol–water partition coefficient (Wildman–Crippen LogP) is 1.97. The Morgan fingerprint density at radius 1 is 1.29 bits per heavy atom. The lowest BCUT2D eigenvalue weighted by Crippen LogP contribution is -2.35. The van der Waals surface area contributed by atoms with Gasteiger partial charge in [-0.2, -0.15) is 0 Å². The van der Waals surface area contributed by atoms with E-state index in [1.165, 1.54) is 7.11 Å². The van der Waals surface area contributed by atoms with Crippen LogP contribution < -0.4 is 15.2 Å². The number of hydrogen-bond acceptors (Lipinski definition) is 4. The largest absolute Gasteiger partial charge is 0.493 e. The fraction of sp³-hybridized carbons (Fsp3) is 0.462. The first-order valence-corrected chi connectivity index (χ1v) is 5.65. The van der Waals surface area contributed by atoms with Gasteiger partial charge in [0, 0.05) is 0 Å². The maximum absolute atomic E-state index is 11.7. The van der Waals surface area contributed by atoms with E-state index in [0.717, 1.165) is 0 Å². The van der Waals surface area contributed by atoms with Crippen LogP contribution in [0.1, 0.15) is 20.3 Å².